The monoisotopic (exact) mass is 344 g/mol. The van der Waals surface area contributed by atoms with Crippen molar-refractivity contribution in [3.05, 3.63) is 52.1 Å². The Kier molecular flexibility index (Phi) is 4.52. The third-order valence-corrected chi connectivity index (χ3v) is 4.47. The third-order valence-electron chi connectivity index (χ3n) is 3.51. The van der Waals surface area contributed by atoms with E-state index in [4.69, 9.17) is 9.47 Å². The molecule has 7 heteroatoms. The normalized spacial score (nSPS) is 10.6. The number of benzene rings is 2. The predicted molar refractivity (Wildman–Crippen MR) is 94.3 cm³/mol. The number of hydrogen-bond acceptors (Lipinski definition) is 5. The summed E-state index contributed by atoms with van der Waals surface area (Å²) in [5, 5.41) is 2.77. The molecule has 0 spiro atoms. The van der Waals surface area contributed by atoms with Crippen molar-refractivity contribution in [3.8, 4) is 11.5 Å². The molecule has 124 valence electrons. The van der Waals surface area contributed by atoms with E-state index in [2.05, 4.69) is 5.32 Å². The molecule has 1 aromatic heterocycles. The molecule has 2 aromatic carbocycles. The number of ether oxygens (including phenoxy) is 2. The van der Waals surface area contributed by atoms with Crippen molar-refractivity contribution < 1.29 is 14.3 Å². The predicted octanol–water partition coefficient (Wildman–Crippen LogP) is 2.72. The summed E-state index contributed by atoms with van der Waals surface area (Å²) in [4.78, 5) is 24.3. The molecule has 0 radical (unpaired) electrons. The van der Waals surface area contributed by atoms with Gasteiger partial charge in [-0.2, -0.15) is 0 Å². The van der Waals surface area contributed by atoms with E-state index in [1.807, 2.05) is 24.3 Å². The van der Waals surface area contributed by atoms with Gasteiger partial charge in [0.15, 0.2) is 0 Å². The van der Waals surface area contributed by atoms with Crippen molar-refractivity contribution in [2.75, 3.05) is 19.5 Å². The second-order valence-corrected chi connectivity index (χ2v) is 6.06. The first-order valence-corrected chi connectivity index (χ1v) is 8.03. The number of thiazole rings is 1. The van der Waals surface area contributed by atoms with Crippen LogP contribution in [0.3, 0.4) is 0 Å². The molecule has 0 saturated heterocycles. The number of amides is 1. The second kappa shape index (κ2) is 6.76. The third kappa shape index (κ3) is 3.26. The van der Waals surface area contributed by atoms with Gasteiger partial charge in [-0.15, -0.1) is 0 Å². The fourth-order valence-corrected chi connectivity index (χ4v) is 3.28. The van der Waals surface area contributed by atoms with Crippen LogP contribution in [0.1, 0.15) is 0 Å². The minimum absolute atomic E-state index is 0.0532. The topological polar surface area (TPSA) is 69.6 Å². The van der Waals surface area contributed by atoms with E-state index in [0.717, 1.165) is 21.6 Å². The number of carbonyl (C=O) groups excluding carboxylic acids is 1. The first-order valence-electron chi connectivity index (χ1n) is 7.22. The Balaban J connectivity index is 1.83. The van der Waals surface area contributed by atoms with E-state index >= 15 is 0 Å². The van der Waals surface area contributed by atoms with Crippen molar-refractivity contribution in [1.29, 1.82) is 0 Å². The number of hydrogen-bond donors (Lipinski definition) is 1. The van der Waals surface area contributed by atoms with E-state index in [0.29, 0.717) is 17.2 Å². The molecule has 0 aliphatic heterocycles. The van der Waals surface area contributed by atoms with Gasteiger partial charge in [0.05, 0.1) is 24.4 Å². The van der Waals surface area contributed by atoms with E-state index in [-0.39, 0.29) is 17.3 Å². The molecule has 0 unspecified atom stereocenters. The van der Waals surface area contributed by atoms with E-state index in [1.54, 1.807) is 18.2 Å². The van der Waals surface area contributed by atoms with Crippen molar-refractivity contribution in [1.82, 2.24) is 4.57 Å². The Bertz CT molecular complexity index is 923. The molecule has 1 heterocycles. The van der Waals surface area contributed by atoms with Crippen LogP contribution in [0.25, 0.3) is 10.2 Å². The van der Waals surface area contributed by atoms with E-state index in [1.165, 1.54) is 18.8 Å². The van der Waals surface area contributed by atoms with Crippen LogP contribution in [-0.4, -0.2) is 24.7 Å². The molecule has 1 N–H and O–H groups in total. The number of para-hydroxylation sites is 1. The molecular weight excluding hydrogens is 328 g/mol. The lowest BCUT2D eigenvalue weighted by molar-refractivity contribution is -0.116. The standard InChI is InChI=1S/C17H16N2O4S/c1-22-12-7-11(8-13(9-12)23-2)18-16(20)10-19-14-5-3-4-6-15(14)24-17(19)21/h3-9H,10H2,1-2H3,(H,18,20). The quantitative estimate of drug-likeness (QED) is 0.773. The zero-order valence-electron chi connectivity index (χ0n) is 13.2. The smallest absolute Gasteiger partial charge is 0.308 e. The van der Waals surface area contributed by atoms with Crippen LogP contribution in [-0.2, 0) is 11.3 Å². The lowest BCUT2D eigenvalue weighted by Gasteiger charge is -2.10. The van der Waals surface area contributed by atoms with Gasteiger partial charge in [-0.1, -0.05) is 23.5 Å². The molecule has 0 aliphatic carbocycles. The molecule has 0 saturated carbocycles. The Hall–Kier alpha value is -2.80. The summed E-state index contributed by atoms with van der Waals surface area (Å²) in [6.45, 7) is -0.0532. The average molecular weight is 344 g/mol. The fraction of sp³-hybridized carbons (Fsp3) is 0.176. The van der Waals surface area contributed by atoms with Crippen LogP contribution >= 0.6 is 11.3 Å². The molecule has 0 aliphatic rings. The molecule has 0 atom stereocenters. The minimum Gasteiger partial charge on any atom is -0.497 e. The summed E-state index contributed by atoms with van der Waals surface area (Å²) < 4.78 is 12.7. The molecule has 0 bridgehead atoms. The van der Waals surface area contributed by atoms with Crippen LogP contribution in [0.2, 0.25) is 0 Å². The summed E-state index contributed by atoms with van der Waals surface area (Å²) in [5.41, 5.74) is 1.30. The minimum atomic E-state index is -0.295. The zero-order chi connectivity index (χ0) is 17.1. The highest BCUT2D eigenvalue weighted by atomic mass is 32.1. The van der Waals surface area contributed by atoms with Crippen LogP contribution < -0.4 is 19.7 Å². The molecule has 1 amide bonds. The number of aromatic nitrogens is 1. The highest BCUT2D eigenvalue weighted by Gasteiger charge is 2.12. The summed E-state index contributed by atoms with van der Waals surface area (Å²) in [7, 11) is 3.08. The van der Waals surface area contributed by atoms with Crippen LogP contribution in [0.4, 0.5) is 5.69 Å². The van der Waals surface area contributed by atoms with Gasteiger partial charge in [-0.3, -0.25) is 14.2 Å². The Morgan fingerprint density at radius 1 is 1.12 bits per heavy atom. The molecule has 3 aromatic rings. The van der Waals surface area contributed by atoms with Crippen molar-refractivity contribution in [3.63, 3.8) is 0 Å². The van der Waals surface area contributed by atoms with Gasteiger partial charge in [0.2, 0.25) is 5.91 Å². The number of nitrogens with zero attached hydrogens (tertiary/aromatic N) is 1. The van der Waals surface area contributed by atoms with Crippen molar-refractivity contribution in [2.45, 2.75) is 6.54 Å². The summed E-state index contributed by atoms with van der Waals surface area (Å²) in [5.74, 6) is 0.849. The van der Waals surface area contributed by atoms with E-state index in [9.17, 15) is 9.59 Å². The maximum Gasteiger partial charge on any atom is 0.308 e. The van der Waals surface area contributed by atoms with Gasteiger partial charge < -0.3 is 14.8 Å². The highest BCUT2D eigenvalue weighted by molar-refractivity contribution is 7.16. The molecule has 0 fully saturated rings. The number of carbonyl (C=O) groups is 1. The number of methoxy groups -OCH3 is 2. The SMILES string of the molecule is COc1cc(NC(=O)Cn2c(=O)sc3ccccc32)cc(OC)c1. The number of anilines is 1. The van der Waals surface area contributed by atoms with Gasteiger partial charge in [0, 0.05) is 23.9 Å². The Morgan fingerprint density at radius 2 is 1.79 bits per heavy atom. The van der Waals surface area contributed by atoms with Gasteiger partial charge in [0.25, 0.3) is 0 Å². The lowest BCUT2D eigenvalue weighted by Crippen LogP contribution is -2.24. The summed E-state index contributed by atoms with van der Waals surface area (Å²) in [6, 6.07) is 12.5. The van der Waals surface area contributed by atoms with Gasteiger partial charge in [-0.05, 0) is 12.1 Å². The van der Waals surface area contributed by atoms with Crippen molar-refractivity contribution >= 4 is 33.1 Å². The molecule has 3 rings (SSSR count). The number of nitrogens with one attached hydrogen (secondary N) is 1. The van der Waals surface area contributed by atoms with Crippen molar-refractivity contribution in [2.24, 2.45) is 0 Å². The molecule has 6 nitrogen and oxygen atoms in total. The largest absolute Gasteiger partial charge is 0.497 e. The van der Waals surface area contributed by atoms with Gasteiger partial charge in [0.1, 0.15) is 18.0 Å². The lowest BCUT2D eigenvalue weighted by atomic mass is 10.2. The first kappa shape index (κ1) is 16.1. The Morgan fingerprint density at radius 3 is 2.46 bits per heavy atom. The van der Waals surface area contributed by atoms with Crippen LogP contribution in [0.15, 0.2) is 47.3 Å². The number of rotatable bonds is 5. The van der Waals surface area contributed by atoms with E-state index < -0.39 is 0 Å². The average Bonchev–Trinajstić information content (AvgIpc) is 2.90. The summed E-state index contributed by atoms with van der Waals surface area (Å²) >= 11 is 1.13. The van der Waals surface area contributed by atoms with Crippen LogP contribution in [0, 0.1) is 0 Å². The van der Waals surface area contributed by atoms with Gasteiger partial charge in [-0.25, -0.2) is 0 Å². The maximum atomic E-state index is 12.3. The number of fused-ring (bicyclic) bond motifs is 1. The first-order chi connectivity index (χ1) is 11.6. The molecular formula is C17H16N2O4S. The van der Waals surface area contributed by atoms with Gasteiger partial charge >= 0.3 is 4.87 Å². The second-order valence-electron chi connectivity index (χ2n) is 5.07. The molecule has 24 heavy (non-hydrogen) atoms. The summed E-state index contributed by atoms with van der Waals surface area (Å²) in [6.07, 6.45) is 0. The highest BCUT2D eigenvalue weighted by Crippen LogP contribution is 2.25. The Labute approximate surface area is 142 Å². The zero-order valence-corrected chi connectivity index (χ0v) is 14.1. The maximum absolute atomic E-state index is 12.3. The van der Waals surface area contributed by atoms with Crippen LogP contribution in [0.5, 0.6) is 11.5 Å². The fourth-order valence-electron chi connectivity index (χ4n) is 2.39.